The predicted octanol–water partition coefficient (Wildman–Crippen LogP) is 3.98. The maximum atomic E-state index is 12.4. The highest BCUT2D eigenvalue weighted by Crippen LogP contribution is 2.33. The van der Waals surface area contributed by atoms with Crippen molar-refractivity contribution in [2.24, 2.45) is 0 Å². The van der Waals surface area contributed by atoms with Gasteiger partial charge in [0.25, 0.3) is 0 Å². The van der Waals surface area contributed by atoms with Crippen LogP contribution in [0.25, 0.3) is 10.9 Å². The van der Waals surface area contributed by atoms with Gasteiger partial charge in [-0.15, -0.1) is 0 Å². The first-order chi connectivity index (χ1) is 12.7. The van der Waals surface area contributed by atoms with Gasteiger partial charge in [-0.05, 0) is 37.3 Å². The Labute approximate surface area is 150 Å². The Bertz CT molecular complexity index is 952. The maximum Gasteiger partial charge on any atom is 0.341 e. The van der Waals surface area contributed by atoms with Gasteiger partial charge in [-0.25, -0.2) is 4.79 Å². The third kappa shape index (κ3) is 3.35. The van der Waals surface area contributed by atoms with Crippen LogP contribution in [0.15, 0.2) is 48.7 Å². The van der Waals surface area contributed by atoms with E-state index >= 15 is 0 Å². The van der Waals surface area contributed by atoms with E-state index in [1.807, 2.05) is 18.2 Å². The molecule has 1 N–H and O–H groups in total. The topological polar surface area (TPSA) is 77.5 Å². The number of nitrogens with one attached hydrogen (secondary N) is 1. The molecule has 6 heteroatoms. The van der Waals surface area contributed by atoms with Gasteiger partial charge in [-0.1, -0.05) is 12.1 Å². The second kappa shape index (κ2) is 7.65. The minimum atomic E-state index is -0.461. The van der Waals surface area contributed by atoms with Gasteiger partial charge in [0.15, 0.2) is 0 Å². The van der Waals surface area contributed by atoms with Gasteiger partial charge in [-0.2, -0.15) is 0 Å². The third-order valence-electron chi connectivity index (χ3n) is 3.89. The molecule has 132 valence electrons. The summed E-state index contributed by atoms with van der Waals surface area (Å²) >= 11 is 0. The van der Waals surface area contributed by atoms with Gasteiger partial charge in [0.2, 0.25) is 0 Å². The number of carbonyl (C=O) groups is 2. The van der Waals surface area contributed by atoms with E-state index in [0.717, 1.165) is 17.4 Å². The normalized spacial score (nSPS) is 10.4. The summed E-state index contributed by atoms with van der Waals surface area (Å²) in [5.74, 6) is 0.147. The van der Waals surface area contributed by atoms with Gasteiger partial charge in [-0.3, -0.25) is 9.78 Å². The number of esters is 1. The molecule has 0 aliphatic rings. The molecule has 1 heterocycles. The summed E-state index contributed by atoms with van der Waals surface area (Å²) in [5, 5.41) is 3.98. The highest BCUT2D eigenvalue weighted by Gasteiger charge is 2.18. The maximum absolute atomic E-state index is 12.4. The number of aromatic nitrogens is 1. The van der Waals surface area contributed by atoms with Crippen molar-refractivity contribution in [1.29, 1.82) is 0 Å². The Morgan fingerprint density at radius 3 is 2.62 bits per heavy atom. The van der Waals surface area contributed by atoms with Crippen LogP contribution in [0, 0.1) is 0 Å². The van der Waals surface area contributed by atoms with Crippen molar-refractivity contribution in [3.63, 3.8) is 0 Å². The van der Waals surface area contributed by atoms with Crippen LogP contribution in [0.4, 0.5) is 11.4 Å². The zero-order valence-electron chi connectivity index (χ0n) is 14.5. The van der Waals surface area contributed by atoms with Crippen molar-refractivity contribution in [2.75, 3.05) is 19.0 Å². The summed E-state index contributed by atoms with van der Waals surface area (Å²) in [6.07, 6.45) is 2.26. The van der Waals surface area contributed by atoms with Crippen molar-refractivity contribution in [1.82, 2.24) is 4.98 Å². The Morgan fingerprint density at radius 1 is 1.19 bits per heavy atom. The highest BCUT2D eigenvalue weighted by molar-refractivity contribution is 6.07. The van der Waals surface area contributed by atoms with E-state index < -0.39 is 5.97 Å². The molecule has 0 fully saturated rings. The number of anilines is 2. The van der Waals surface area contributed by atoms with Gasteiger partial charge in [0.05, 0.1) is 19.4 Å². The molecule has 0 amide bonds. The van der Waals surface area contributed by atoms with Crippen LogP contribution in [-0.4, -0.2) is 31.0 Å². The van der Waals surface area contributed by atoms with Crippen molar-refractivity contribution in [3.8, 4) is 5.75 Å². The Morgan fingerprint density at radius 2 is 1.96 bits per heavy atom. The number of ether oxygens (including phenoxy) is 2. The lowest BCUT2D eigenvalue weighted by Crippen LogP contribution is -2.09. The zero-order valence-corrected chi connectivity index (χ0v) is 14.5. The fourth-order valence-corrected chi connectivity index (χ4v) is 2.65. The summed E-state index contributed by atoms with van der Waals surface area (Å²) in [6, 6.07) is 12.4. The van der Waals surface area contributed by atoms with Crippen molar-refractivity contribution < 1.29 is 19.1 Å². The number of aldehydes is 1. The van der Waals surface area contributed by atoms with Crippen LogP contribution in [0.2, 0.25) is 0 Å². The van der Waals surface area contributed by atoms with Crippen molar-refractivity contribution in [3.05, 3.63) is 59.8 Å². The molecular weight excluding hydrogens is 332 g/mol. The molecule has 0 aliphatic heterocycles. The monoisotopic (exact) mass is 350 g/mol. The molecule has 0 bridgehead atoms. The molecule has 0 radical (unpaired) electrons. The first-order valence-electron chi connectivity index (χ1n) is 8.13. The van der Waals surface area contributed by atoms with E-state index in [0.29, 0.717) is 28.1 Å². The van der Waals surface area contributed by atoms with Gasteiger partial charge < -0.3 is 14.8 Å². The van der Waals surface area contributed by atoms with E-state index in [2.05, 4.69) is 10.3 Å². The number of hydrogen-bond acceptors (Lipinski definition) is 6. The van der Waals surface area contributed by atoms with Crippen LogP contribution in [0.5, 0.6) is 5.75 Å². The summed E-state index contributed by atoms with van der Waals surface area (Å²) in [7, 11) is 1.57. The largest absolute Gasteiger partial charge is 0.494 e. The van der Waals surface area contributed by atoms with E-state index in [-0.39, 0.29) is 6.61 Å². The van der Waals surface area contributed by atoms with Gasteiger partial charge in [0, 0.05) is 22.8 Å². The van der Waals surface area contributed by atoms with Crippen LogP contribution < -0.4 is 10.1 Å². The quantitative estimate of drug-likeness (QED) is 0.535. The first kappa shape index (κ1) is 17.4. The van der Waals surface area contributed by atoms with Crippen molar-refractivity contribution >= 4 is 34.5 Å². The molecular formula is C20H18N2O4. The number of benzene rings is 2. The molecule has 26 heavy (non-hydrogen) atoms. The Hall–Kier alpha value is -3.41. The van der Waals surface area contributed by atoms with E-state index in [1.54, 1.807) is 38.3 Å². The second-order valence-corrected chi connectivity index (χ2v) is 5.49. The molecule has 0 saturated heterocycles. The zero-order chi connectivity index (χ0) is 18.5. The minimum Gasteiger partial charge on any atom is -0.494 e. The SMILES string of the molecule is CCOC(=O)c1cnc2c(OC)cccc2c1Nc1ccc(C=O)cc1. The Kier molecular flexibility index (Phi) is 5.12. The molecule has 0 saturated carbocycles. The van der Waals surface area contributed by atoms with Crippen LogP contribution >= 0.6 is 0 Å². The average molecular weight is 350 g/mol. The fraction of sp³-hybridized carbons (Fsp3) is 0.150. The van der Waals surface area contributed by atoms with E-state index in [4.69, 9.17) is 9.47 Å². The number of methoxy groups -OCH3 is 1. The van der Waals surface area contributed by atoms with E-state index in [9.17, 15) is 9.59 Å². The third-order valence-corrected chi connectivity index (χ3v) is 3.89. The number of carbonyl (C=O) groups excluding carboxylic acids is 2. The number of hydrogen-bond donors (Lipinski definition) is 1. The van der Waals surface area contributed by atoms with Crippen LogP contribution in [-0.2, 0) is 4.74 Å². The lowest BCUT2D eigenvalue weighted by atomic mass is 10.1. The molecule has 1 aromatic heterocycles. The smallest absolute Gasteiger partial charge is 0.341 e. The Balaban J connectivity index is 2.15. The summed E-state index contributed by atoms with van der Waals surface area (Å²) in [4.78, 5) is 27.6. The van der Waals surface area contributed by atoms with Crippen LogP contribution in [0.3, 0.4) is 0 Å². The molecule has 0 spiro atoms. The van der Waals surface area contributed by atoms with Gasteiger partial charge in [0.1, 0.15) is 23.1 Å². The minimum absolute atomic E-state index is 0.266. The standard InChI is InChI=1S/C20H18N2O4/c1-3-26-20(24)16-11-21-19-15(5-4-6-17(19)25-2)18(16)22-14-9-7-13(12-23)8-10-14/h4-12H,3H2,1-2H3,(H,21,22). The highest BCUT2D eigenvalue weighted by atomic mass is 16.5. The van der Waals surface area contributed by atoms with Crippen LogP contribution in [0.1, 0.15) is 27.6 Å². The number of nitrogens with zero attached hydrogens (tertiary/aromatic N) is 1. The molecule has 0 atom stereocenters. The molecule has 0 unspecified atom stereocenters. The number of fused-ring (bicyclic) bond motifs is 1. The lowest BCUT2D eigenvalue weighted by molar-refractivity contribution is 0.0527. The summed E-state index contributed by atoms with van der Waals surface area (Å²) < 4.78 is 10.5. The number of pyridine rings is 1. The average Bonchev–Trinajstić information content (AvgIpc) is 2.68. The molecule has 3 rings (SSSR count). The first-order valence-corrected chi connectivity index (χ1v) is 8.13. The fourth-order valence-electron chi connectivity index (χ4n) is 2.65. The summed E-state index contributed by atoms with van der Waals surface area (Å²) in [5.41, 5.74) is 2.84. The number of para-hydroxylation sites is 1. The molecule has 0 aliphatic carbocycles. The summed E-state index contributed by atoms with van der Waals surface area (Å²) in [6.45, 7) is 2.02. The predicted molar refractivity (Wildman–Crippen MR) is 99.4 cm³/mol. The van der Waals surface area contributed by atoms with E-state index in [1.165, 1.54) is 6.20 Å². The molecule has 6 nitrogen and oxygen atoms in total. The van der Waals surface area contributed by atoms with Crippen molar-refractivity contribution in [2.45, 2.75) is 6.92 Å². The molecule has 2 aromatic carbocycles. The lowest BCUT2D eigenvalue weighted by Gasteiger charge is -2.15. The van der Waals surface area contributed by atoms with Gasteiger partial charge >= 0.3 is 5.97 Å². The number of rotatable bonds is 6. The second-order valence-electron chi connectivity index (χ2n) is 5.49. The molecule has 3 aromatic rings.